The highest BCUT2D eigenvalue weighted by molar-refractivity contribution is 9.10. The Bertz CT molecular complexity index is 685. The van der Waals surface area contributed by atoms with Crippen LogP contribution in [-0.2, 0) is 13.6 Å². The Balaban J connectivity index is 2.04. The second kappa shape index (κ2) is 6.35. The standard InChI is InChI=1S/C12H12BrN5O3/c1-18-6-15-9(17-18)5-14-12(21)16-10-7(11(19)20)3-2-4-8(10)13/h2-4,6H,5H2,1H3,(H,19,20)(H2,14,16,21). The number of amides is 2. The van der Waals surface area contributed by atoms with Gasteiger partial charge in [0.2, 0.25) is 0 Å². The number of rotatable bonds is 4. The van der Waals surface area contributed by atoms with Crippen LogP contribution in [0, 0.1) is 0 Å². The van der Waals surface area contributed by atoms with Crippen LogP contribution >= 0.6 is 15.9 Å². The Kier molecular flexibility index (Phi) is 4.53. The third-order valence-electron chi connectivity index (χ3n) is 2.54. The van der Waals surface area contributed by atoms with Crippen molar-refractivity contribution in [2.45, 2.75) is 6.54 Å². The van der Waals surface area contributed by atoms with Gasteiger partial charge in [0.25, 0.3) is 0 Å². The fourth-order valence-electron chi connectivity index (χ4n) is 1.61. The van der Waals surface area contributed by atoms with Crippen LogP contribution in [0.25, 0.3) is 0 Å². The number of urea groups is 1. The van der Waals surface area contributed by atoms with E-state index in [9.17, 15) is 9.59 Å². The molecule has 9 heteroatoms. The van der Waals surface area contributed by atoms with Crippen LogP contribution in [0.3, 0.4) is 0 Å². The number of para-hydroxylation sites is 1. The Morgan fingerprint density at radius 1 is 1.43 bits per heavy atom. The van der Waals surface area contributed by atoms with Crippen LogP contribution in [0.2, 0.25) is 0 Å². The van der Waals surface area contributed by atoms with Crippen molar-refractivity contribution >= 4 is 33.6 Å². The number of anilines is 1. The number of aromatic carboxylic acids is 1. The van der Waals surface area contributed by atoms with Gasteiger partial charge in [0.05, 0.1) is 17.8 Å². The maximum Gasteiger partial charge on any atom is 0.337 e. The Labute approximate surface area is 128 Å². The largest absolute Gasteiger partial charge is 0.478 e. The normalized spacial score (nSPS) is 10.2. The van der Waals surface area contributed by atoms with Crippen molar-refractivity contribution in [1.82, 2.24) is 20.1 Å². The van der Waals surface area contributed by atoms with Crippen molar-refractivity contribution < 1.29 is 14.7 Å². The third kappa shape index (κ3) is 3.78. The predicted molar refractivity (Wildman–Crippen MR) is 78.0 cm³/mol. The van der Waals surface area contributed by atoms with E-state index in [2.05, 4.69) is 36.6 Å². The molecule has 1 heterocycles. The van der Waals surface area contributed by atoms with Gasteiger partial charge in [-0.15, -0.1) is 0 Å². The number of aryl methyl sites for hydroxylation is 1. The number of carbonyl (C=O) groups is 2. The maximum atomic E-state index is 11.8. The van der Waals surface area contributed by atoms with Crippen LogP contribution in [-0.4, -0.2) is 31.9 Å². The van der Waals surface area contributed by atoms with Crippen LogP contribution in [0.1, 0.15) is 16.2 Å². The lowest BCUT2D eigenvalue weighted by Crippen LogP contribution is -2.29. The topological polar surface area (TPSA) is 109 Å². The van der Waals surface area contributed by atoms with Crippen molar-refractivity contribution in [2.24, 2.45) is 7.05 Å². The lowest BCUT2D eigenvalue weighted by Gasteiger charge is -2.10. The van der Waals surface area contributed by atoms with Gasteiger partial charge in [-0.3, -0.25) is 4.68 Å². The minimum absolute atomic E-state index is 0.00418. The Hall–Kier alpha value is -2.42. The molecule has 0 aliphatic carbocycles. The molecule has 0 saturated carbocycles. The summed E-state index contributed by atoms with van der Waals surface area (Å²) in [5, 5.41) is 18.2. The smallest absolute Gasteiger partial charge is 0.337 e. The summed E-state index contributed by atoms with van der Waals surface area (Å²) in [4.78, 5) is 26.9. The van der Waals surface area contributed by atoms with Crippen molar-refractivity contribution in [3.8, 4) is 0 Å². The number of carbonyl (C=O) groups excluding carboxylic acids is 1. The van der Waals surface area contributed by atoms with Crippen molar-refractivity contribution in [1.29, 1.82) is 0 Å². The zero-order valence-corrected chi connectivity index (χ0v) is 12.6. The number of hydrogen-bond acceptors (Lipinski definition) is 4. The highest BCUT2D eigenvalue weighted by atomic mass is 79.9. The summed E-state index contributed by atoms with van der Waals surface area (Å²) in [6, 6.07) is 4.08. The monoisotopic (exact) mass is 353 g/mol. The molecular weight excluding hydrogens is 342 g/mol. The minimum Gasteiger partial charge on any atom is -0.478 e. The summed E-state index contributed by atoms with van der Waals surface area (Å²) in [6.07, 6.45) is 1.52. The SMILES string of the molecule is Cn1cnc(CNC(=O)Nc2c(Br)cccc2C(=O)O)n1. The van der Waals surface area contributed by atoms with Gasteiger partial charge >= 0.3 is 12.0 Å². The summed E-state index contributed by atoms with van der Waals surface area (Å²) >= 11 is 3.21. The van der Waals surface area contributed by atoms with E-state index in [1.54, 1.807) is 19.2 Å². The molecule has 0 radical (unpaired) electrons. The molecule has 3 N–H and O–H groups in total. The Morgan fingerprint density at radius 2 is 2.19 bits per heavy atom. The first-order valence-electron chi connectivity index (χ1n) is 5.88. The summed E-state index contributed by atoms with van der Waals surface area (Å²) in [5.41, 5.74) is 0.187. The second-order valence-electron chi connectivity index (χ2n) is 4.11. The number of nitrogens with one attached hydrogen (secondary N) is 2. The van der Waals surface area contributed by atoms with E-state index in [0.717, 1.165) is 0 Å². The highest BCUT2D eigenvalue weighted by Gasteiger charge is 2.15. The molecule has 110 valence electrons. The molecule has 2 amide bonds. The quantitative estimate of drug-likeness (QED) is 0.773. The highest BCUT2D eigenvalue weighted by Crippen LogP contribution is 2.26. The lowest BCUT2D eigenvalue weighted by molar-refractivity contribution is 0.0698. The minimum atomic E-state index is -1.13. The van der Waals surface area contributed by atoms with E-state index in [0.29, 0.717) is 10.3 Å². The van der Waals surface area contributed by atoms with Crippen molar-refractivity contribution in [2.75, 3.05) is 5.32 Å². The van der Waals surface area contributed by atoms with Crippen LogP contribution in [0.4, 0.5) is 10.5 Å². The molecular formula is C12H12BrN5O3. The molecule has 1 aromatic heterocycles. The molecule has 0 aliphatic rings. The average Bonchev–Trinajstić information content (AvgIpc) is 2.84. The zero-order valence-electron chi connectivity index (χ0n) is 11.0. The van der Waals surface area contributed by atoms with Gasteiger partial charge in [0.1, 0.15) is 6.33 Å². The number of halogens is 1. The molecule has 2 rings (SSSR count). The maximum absolute atomic E-state index is 11.8. The lowest BCUT2D eigenvalue weighted by atomic mass is 10.2. The van der Waals surface area contributed by atoms with E-state index in [4.69, 9.17) is 5.11 Å². The molecule has 0 aliphatic heterocycles. The van der Waals surface area contributed by atoms with Gasteiger partial charge in [0.15, 0.2) is 5.82 Å². The van der Waals surface area contributed by atoms with Crippen molar-refractivity contribution in [3.05, 3.63) is 40.4 Å². The first-order chi connectivity index (χ1) is 9.97. The number of carboxylic acids is 1. The van der Waals surface area contributed by atoms with Gasteiger partial charge in [-0.25, -0.2) is 14.6 Å². The summed E-state index contributed by atoms with van der Waals surface area (Å²) < 4.78 is 2.00. The van der Waals surface area contributed by atoms with Gasteiger partial charge < -0.3 is 15.7 Å². The molecule has 2 aromatic rings. The molecule has 8 nitrogen and oxygen atoms in total. The molecule has 0 bridgehead atoms. The number of carboxylic acid groups (broad SMARTS) is 1. The van der Waals surface area contributed by atoms with E-state index in [1.165, 1.54) is 17.1 Å². The summed E-state index contributed by atoms with van der Waals surface area (Å²) in [6.45, 7) is 0.138. The van der Waals surface area contributed by atoms with E-state index in [-0.39, 0.29) is 17.8 Å². The zero-order chi connectivity index (χ0) is 15.4. The number of hydrogen-bond donors (Lipinski definition) is 3. The van der Waals surface area contributed by atoms with Crippen LogP contribution in [0.5, 0.6) is 0 Å². The van der Waals surface area contributed by atoms with E-state index < -0.39 is 12.0 Å². The molecule has 0 fully saturated rings. The second-order valence-corrected chi connectivity index (χ2v) is 4.96. The first-order valence-corrected chi connectivity index (χ1v) is 6.68. The van der Waals surface area contributed by atoms with Crippen molar-refractivity contribution in [3.63, 3.8) is 0 Å². The fourth-order valence-corrected chi connectivity index (χ4v) is 2.08. The van der Waals surface area contributed by atoms with Gasteiger partial charge in [-0.05, 0) is 28.1 Å². The van der Waals surface area contributed by atoms with E-state index >= 15 is 0 Å². The number of nitrogens with zero attached hydrogens (tertiary/aromatic N) is 3. The molecule has 0 atom stereocenters. The average molecular weight is 354 g/mol. The Morgan fingerprint density at radius 3 is 2.81 bits per heavy atom. The summed E-state index contributed by atoms with van der Waals surface area (Å²) in [7, 11) is 1.72. The van der Waals surface area contributed by atoms with Gasteiger partial charge in [0, 0.05) is 11.5 Å². The molecule has 1 aromatic carbocycles. The van der Waals surface area contributed by atoms with Crippen LogP contribution < -0.4 is 10.6 Å². The molecule has 0 unspecified atom stereocenters. The number of aromatic nitrogens is 3. The fraction of sp³-hybridized carbons (Fsp3) is 0.167. The van der Waals surface area contributed by atoms with Gasteiger partial charge in [-0.2, -0.15) is 5.10 Å². The number of benzene rings is 1. The molecule has 21 heavy (non-hydrogen) atoms. The molecule has 0 saturated heterocycles. The van der Waals surface area contributed by atoms with E-state index in [1.807, 2.05) is 0 Å². The molecule has 0 spiro atoms. The summed E-state index contributed by atoms with van der Waals surface area (Å²) in [5.74, 6) is -0.670. The van der Waals surface area contributed by atoms with Crippen LogP contribution in [0.15, 0.2) is 29.0 Å². The third-order valence-corrected chi connectivity index (χ3v) is 3.20. The predicted octanol–water partition coefficient (Wildman–Crippen LogP) is 1.60. The first kappa shape index (κ1) is 15.0. The van der Waals surface area contributed by atoms with Gasteiger partial charge in [-0.1, -0.05) is 6.07 Å².